The number of nitrogens with one attached hydrogen (secondary N) is 1. The molecule has 2 saturated carbocycles. The molecule has 0 aromatic heterocycles. The molecule has 0 radical (unpaired) electrons. The van der Waals surface area contributed by atoms with Crippen molar-refractivity contribution in [1.29, 1.82) is 0 Å². The van der Waals surface area contributed by atoms with Crippen molar-refractivity contribution in [3.05, 3.63) is 12.2 Å². The lowest BCUT2D eigenvalue weighted by Crippen LogP contribution is -2.36. The number of fused-ring (bicyclic) bond motifs is 2. The van der Waals surface area contributed by atoms with Gasteiger partial charge >= 0.3 is 0 Å². The van der Waals surface area contributed by atoms with E-state index in [0.29, 0.717) is 6.61 Å². The zero-order valence-corrected chi connectivity index (χ0v) is 9.80. The van der Waals surface area contributed by atoms with Crippen molar-refractivity contribution < 1.29 is 4.74 Å². The van der Waals surface area contributed by atoms with E-state index in [-0.39, 0.29) is 0 Å². The summed E-state index contributed by atoms with van der Waals surface area (Å²) in [4.78, 5) is 0. The molecule has 0 saturated heterocycles. The van der Waals surface area contributed by atoms with Crippen LogP contribution in [-0.2, 0) is 4.74 Å². The summed E-state index contributed by atoms with van der Waals surface area (Å²) in [7, 11) is 0. The van der Waals surface area contributed by atoms with Gasteiger partial charge in [-0.25, -0.2) is 0 Å². The third kappa shape index (κ3) is 3.05. The first-order valence-electron chi connectivity index (χ1n) is 6.21. The molecule has 0 amide bonds. The Morgan fingerprint density at radius 2 is 2.27 bits per heavy atom. The van der Waals surface area contributed by atoms with Gasteiger partial charge in [0.2, 0.25) is 0 Å². The molecule has 86 valence electrons. The minimum Gasteiger partial charge on any atom is -0.376 e. The second-order valence-electron chi connectivity index (χ2n) is 5.25. The largest absolute Gasteiger partial charge is 0.376 e. The summed E-state index contributed by atoms with van der Waals surface area (Å²) in [6.07, 6.45) is 5.82. The summed E-state index contributed by atoms with van der Waals surface area (Å²) >= 11 is 0. The summed E-state index contributed by atoms with van der Waals surface area (Å²) < 4.78 is 5.47. The maximum atomic E-state index is 5.47. The highest BCUT2D eigenvalue weighted by atomic mass is 16.5. The Morgan fingerprint density at radius 3 is 2.87 bits per heavy atom. The summed E-state index contributed by atoms with van der Waals surface area (Å²) in [6, 6.07) is 0.789. The van der Waals surface area contributed by atoms with Crippen molar-refractivity contribution >= 4 is 0 Å². The molecule has 2 heteroatoms. The van der Waals surface area contributed by atoms with Gasteiger partial charge < -0.3 is 10.1 Å². The molecule has 0 aromatic rings. The maximum absolute atomic E-state index is 5.47. The third-order valence-corrected chi connectivity index (χ3v) is 3.74. The molecule has 3 atom stereocenters. The molecule has 0 aromatic carbocycles. The summed E-state index contributed by atoms with van der Waals surface area (Å²) in [6.45, 7) is 8.35. The van der Waals surface area contributed by atoms with Crippen LogP contribution >= 0.6 is 0 Å². The standard InChI is InChI=1S/C13H23NO/c1-10(2)9-15-6-5-14-13-8-11-3-4-12(13)7-11/h11-14H,1,3-9H2,2H3. The van der Waals surface area contributed by atoms with Crippen LogP contribution < -0.4 is 5.32 Å². The van der Waals surface area contributed by atoms with Gasteiger partial charge in [0.15, 0.2) is 0 Å². The van der Waals surface area contributed by atoms with Gasteiger partial charge in [0.25, 0.3) is 0 Å². The molecule has 1 N–H and O–H groups in total. The van der Waals surface area contributed by atoms with Crippen molar-refractivity contribution in [3.8, 4) is 0 Å². The molecule has 2 nitrogen and oxygen atoms in total. The summed E-state index contributed by atoms with van der Waals surface area (Å²) in [5.74, 6) is 2.00. The van der Waals surface area contributed by atoms with E-state index >= 15 is 0 Å². The van der Waals surface area contributed by atoms with E-state index in [9.17, 15) is 0 Å². The molecule has 2 fully saturated rings. The predicted molar refractivity (Wildman–Crippen MR) is 62.9 cm³/mol. The quantitative estimate of drug-likeness (QED) is 0.535. The third-order valence-electron chi connectivity index (χ3n) is 3.74. The zero-order valence-electron chi connectivity index (χ0n) is 9.80. The molecule has 0 heterocycles. The van der Waals surface area contributed by atoms with Gasteiger partial charge in [0.1, 0.15) is 0 Å². The van der Waals surface area contributed by atoms with Gasteiger partial charge in [-0.1, -0.05) is 18.6 Å². The van der Waals surface area contributed by atoms with E-state index < -0.39 is 0 Å². The molecule has 2 bridgehead atoms. The molecule has 0 spiro atoms. The molecule has 2 rings (SSSR count). The van der Waals surface area contributed by atoms with Gasteiger partial charge in [-0.15, -0.1) is 0 Å². The Kier molecular flexibility index (Phi) is 3.81. The molecule has 0 aliphatic heterocycles. The van der Waals surface area contributed by atoms with E-state index in [1.54, 1.807) is 0 Å². The smallest absolute Gasteiger partial charge is 0.0672 e. The fraction of sp³-hybridized carbons (Fsp3) is 0.846. The van der Waals surface area contributed by atoms with Gasteiger partial charge in [-0.3, -0.25) is 0 Å². The minimum absolute atomic E-state index is 0.707. The van der Waals surface area contributed by atoms with Crippen LogP contribution in [0.15, 0.2) is 12.2 Å². The van der Waals surface area contributed by atoms with Crippen molar-refractivity contribution in [1.82, 2.24) is 5.32 Å². The SMILES string of the molecule is C=C(C)COCCNC1CC2CCC1C2. The second-order valence-corrected chi connectivity index (χ2v) is 5.25. The van der Waals surface area contributed by atoms with E-state index in [1.807, 2.05) is 6.92 Å². The molecular weight excluding hydrogens is 186 g/mol. The summed E-state index contributed by atoms with van der Waals surface area (Å²) in [5.41, 5.74) is 1.11. The first kappa shape index (κ1) is 11.2. The maximum Gasteiger partial charge on any atom is 0.0672 e. The van der Waals surface area contributed by atoms with Crippen LogP contribution in [0, 0.1) is 11.8 Å². The Bertz CT molecular complexity index is 227. The highest BCUT2D eigenvalue weighted by Gasteiger charge is 2.38. The second kappa shape index (κ2) is 5.13. The van der Waals surface area contributed by atoms with Crippen LogP contribution in [0.1, 0.15) is 32.6 Å². The highest BCUT2D eigenvalue weighted by molar-refractivity contribution is 4.94. The topological polar surface area (TPSA) is 21.3 Å². The van der Waals surface area contributed by atoms with Gasteiger partial charge in [-0.2, -0.15) is 0 Å². The highest BCUT2D eigenvalue weighted by Crippen LogP contribution is 2.44. The lowest BCUT2D eigenvalue weighted by atomic mass is 9.95. The molecule has 15 heavy (non-hydrogen) atoms. The van der Waals surface area contributed by atoms with Crippen LogP contribution in [0.3, 0.4) is 0 Å². The first-order chi connectivity index (χ1) is 7.25. The van der Waals surface area contributed by atoms with Crippen molar-refractivity contribution in [2.24, 2.45) is 11.8 Å². The van der Waals surface area contributed by atoms with Gasteiger partial charge in [-0.05, 0) is 38.0 Å². The lowest BCUT2D eigenvalue weighted by Gasteiger charge is -2.22. The zero-order chi connectivity index (χ0) is 10.7. The van der Waals surface area contributed by atoms with Gasteiger partial charge in [0, 0.05) is 12.6 Å². The van der Waals surface area contributed by atoms with Crippen LogP contribution in [-0.4, -0.2) is 25.8 Å². The summed E-state index contributed by atoms with van der Waals surface area (Å²) in [5, 5.41) is 3.63. The minimum atomic E-state index is 0.707. The number of ether oxygens (including phenoxy) is 1. The Labute approximate surface area is 93.1 Å². The first-order valence-corrected chi connectivity index (χ1v) is 6.21. The molecule has 3 unspecified atom stereocenters. The van der Waals surface area contributed by atoms with Gasteiger partial charge in [0.05, 0.1) is 13.2 Å². The number of hydrogen-bond donors (Lipinski definition) is 1. The average Bonchev–Trinajstić information content (AvgIpc) is 2.78. The van der Waals surface area contributed by atoms with Crippen LogP contribution in [0.4, 0.5) is 0 Å². The normalized spacial score (nSPS) is 33.5. The van der Waals surface area contributed by atoms with Crippen molar-refractivity contribution in [2.75, 3.05) is 19.8 Å². The van der Waals surface area contributed by atoms with Crippen molar-refractivity contribution in [2.45, 2.75) is 38.6 Å². The Balaban J connectivity index is 1.53. The lowest BCUT2D eigenvalue weighted by molar-refractivity contribution is 0.152. The number of rotatable bonds is 6. The average molecular weight is 209 g/mol. The van der Waals surface area contributed by atoms with Crippen molar-refractivity contribution in [3.63, 3.8) is 0 Å². The molecular formula is C13H23NO. The fourth-order valence-corrected chi connectivity index (χ4v) is 3.06. The Morgan fingerprint density at radius 1 is 1.40 bits per heavy atom. The molecule has 2 aliphatic carbocycles. The van der Waals surface area contributed by atoms with E-state index in [2.05, 4.69) is 11.9 Å². The number of hydrogen-bond acceptors (Lipinski definition) is 2. The van der Waals surface area contributed by atoms with Crippen LogP contribution in [0.25, 0.3) is 0 Å². The monoisotopic (exact) mass is 209 g/mol. The fourth-order valence-electron chi connectivity index (χ4n) is 3.06. The van der Waals surface area contributed by atoms with Crippen LogP contribution in [0.2, 0.25) is 0 Å². The Hall–Kier alpha value is -0.340. The van der Waals surface area contributed by atoms with Crippen LogP contribution in [0.5, 0.6) is 0 Å². The van der Waals surface area contributed by atoms with E-state index in [4.69, 9.17) is 4.74 Å². The van der Waals surface area contributed by atoms with E-state index in [0.717, 1.165) is 36.6 Å². The molecule has 2 aliphatic rings. The van der Waals surface area contributed by atoms with E-state index in [1.165, 1.54) is 25.7 Å². The predicted octanol–water partition coefficient (Wildman–Crippen LogP) is 2.36.